The van der Waals surface area contributed by atoms with Crippen LogP contribution < -0.4 is 0 Å². The summed E-state index contributed by atoms with van der Waals surface area (Å²) < 4.78 is 0. The third kappa shape index (κ3) is 4.00. The molecule has 1 aromatic rings. The average Bonchev–Trinajstić information content (AvgIpc) is 2.24. The number of aromatic hydroxyl groups is 2. The van der Waals surface area contributed by atoms with Crippen LogP contribution in [0.15, 0.2) is 18.2 Å². The van der Waals surface area contributed by atoms with Gasteiger partial charge in [-0.05, 0) is 30.9 Å². The van der Waals surface area contributed by atoms with Crippen molar-refractivity contribution in [2.24, 2.45) is 0 Å². The predicted octanol–water partition coefficient (Wildman–Crippen LogP) is 3.44. The molecule has 0 saturated heterocycles. The molecule has 15 heavy (non-hydrogen) atoms. The van der Waals surface area contributed by atoms with Gasteiger partial charge in [0.1, 0.15) is 0 Å². The molecule has 2 nitrogen and oxygen atoms in total. The van der Waals surface area contributed by atoms with Gasteiger partial charge in [0.25, 0.3) is 0 Å². The lowest BCUT2D eigenvalue weighted by Gasteiger charge is -2.05. The summed E-state index contributed by atoms with van der Waals surface area (Å²) in [6, 6.07) is 5.09. The fourth-order valence-corrected chi connectivity index (χ4v) is 1.73. The normalized spacial score (nSPS) is 10.5. The first-order valence-electron chi connectivity index (χ1n) is 5.31. The summed E-state index contributed by atoms with van der Waals surface area (Å²) in [5, 5.41) is 18.8. The zero-order valence-electron chi connectivity index (χ0n) is 8.75. The molecule has 0 aliphatic carbocycles. The molecule has 0 fully saturated rings. The third-order valence-electron chi connectivity index (χ3n) is 2.43. The number of phenolic OH excluding ortho intramolecular Hbond substituents is 2. The van der Waals surface area contributed by atoms with Crippen molar-refractivity contribution in [2.75, 3.05) is 5.88 Å². The Kier molecular flexibility index (Phi) is 5.33. The summed E-state index contributed by atoms with van der Waals surface area (Å²) in [6.07, 6.45) is 5.12. The Morgan fingerprint density at radius 1 is 1.00 bits per heavy atom. The van der Waals surface area contributed by atoms with Gasteiger partial charge in [-0.15, -0.1) is 11.6 Å². The number of unbranched alkanes of at least 4 members (excludes halogenated alkanes) is 3. The van der Waals surface area contributed by atoms with Gasteiger partial charge in [-0.25, -0.2) is 0 Å². The van der Waals surface area contributed by atoms with Crippen LogP contribution >= 0.6 is 11.6 Å². The van der Waals surface area contributed by atoms with Gasteiger partial charge in [0.05, 0.1) is 0 Å². The topological polar surface area (TPSA) is 40.5 Å². The van der Waals surface area contributed by atoms with E-state index >= 15 is 0 Å². The van der Waals surface area contributed by atoms with E-state index in [1.807, 2.05) is 6.07 Å². The molecule has 0 heterocycles. The van der Waals surface area contributed by atoms with Crippen molar-refractivity contribution in [3.63, 3.8) is 0 Å². The second-order valence-corrected chi connectivity index (χ2v) is 4.02. The fourth-order valence-electron chi connectivity index (χ4n) is 1.54. The highest BCUT2D eigenvalue weighted by Crippen LogP contribution is 2.29. The number of hydrogen-bond acceptors (Lipinski definition) is 2. The van der Waals surface area contributed by atoms with Gasteiger partial charge in [0.2, 0.25) is 0 Å². The van der Waals surface area contributed by atoms with Crippen molar-refractivity contribution in [1.29, 1.82) is 0 Å². The third-order valence-corrected chi connectivity index (χ3v) is 2.70. The molecule has 0 atom stereocenters. The maximum atomic E-state index is 9.53. The van der Waals surface area contributed by atoms with Crippen LogP contribution in [0.1, 0.15) is 31.2 Å². The zero-order chi connectivity index (χ0) is 11.1. The van der Waals surface area contributed by atoms with Gasteiger partial charge in [0.15, 0.2) is 11.5 Å². The monoisotopic (exact) mass is 228 g/mol. The van der Waals surface area contributed by atoms with Crippen LogP contribution in [0.2, 0.25) is 0 Å². The van der Waals surface area contributed by atoms with E-state index in [0.717, 1.165) is 43.5 Å². The Morgan fingerprint density at radius 2 is 1.73 bits per heavy atom. The van der Waals surface area contributed by atoms with E-state index in [2.05, 4.69) is 0 Å². The first kappa shape index (κ1) is 12.2. The van der Waals surface area contributed by atoms with Crippen LogP contribution in [-0.2, 0) is 6.42 Å². The lowest BCUT2D eigenvalue weighted by Crippen LogP contribution is -1.87. The molecule has 0 bridgehead atoms. The number of halogens is 1. The first-order chi connectivity index (χ1) is 7.25. The zero-order valence-corrected chi connectivity index (χ0v) is 9.50. The van der Waals surface area contributed by atoms with Crippen LogP contribution in [0, 0.1) is 0 Å². The molecule has 0 saturated carbocycles. The number of aryl methyl sites for hydroxylation is 1. The van der Waals surface area contributed by atoms with Gasteiger partial charge >= 0.3 is 0 Å². The average molecular weight is 229 g/mol. The quantitative estimate of drug-likeness (QED) is 0.445. The van der Waals surface area contributed by atoms with Crippen molar-refractivity contribution < 1.29 is 10.2 Å². The van der Waals surface area contributed by atoms with Gasteiger partial charge in [-0.1, -0.05) is 25.0 Å². The summed E-state index contributed by atoms with van der Waals surface area (Å²) in [5.74, 6) is 0.709. The minimum absolute atomic E-state index is 0.0230. The maximum Gasteiger partial charge on any atom is 0.160 e. The van der Waals surface area contributed by atoms with Crippen molar-refractivity contribution in [3.8, 4) is 11.5 Å². The Bertz CT molecular complexity index is 300. The molecule has 2 N–H and O–H groups in total. The molecule has 0 aliphatic heterocycles. The van der Waals surface area contributed by atoms with E-state index in [1.54, 1.807) is 6.07 Å². The van der Waals surface area contributed by atoms with Crippen LogP contribution in [0.3, 0.4) is 0 Å². The van der Waals surface area contributed by atoms with Crippen LogP contribution in [-0.4, -0.2) is 16.1 Å². The van der Waals surface area contributed by atoms with E-state index in [4.69, 9.17) is 11.6 Å². The lowest BCUT2D eigenvalue weighted by atomic mass is 10.1. The van der Waals surface area contributed by atoms with Crippen molar-refractivity contribution >= 4 is 11.6 Å². The largest absolute Gasteiger partial charge is 0.504 e. The number of hydrogen-bond donors (Lipinski definition) is 2. The summed E-state index contributed by atoms with van der Waals surface area (Å²) >= 11 is 5.57. The van der Waals surface area contributed by atoms with Gasteiger partial charge in [-0.2, -0.15) is 0 Å². The Labute approximate surface area is 95.5 Å². The smallest absolute Gasteiger partial charge is 0.160 e. The molecule has 0 spiro atoms. The highest BCUT2D eigenvalue weighted by Gasteiger charge is 2.04. The Morgan fingerprint density at radius 3 is 2.47 bits per heavy atom. The van der Waals surface area contributed by atoms with Crippen molar-refractivity contribution in [1.82, 2.24) is 0 Å². The molecule has 3 heteroatoms. The molecule has 1 rings (SSSR count). The molecular weight excluding hydrogens is 212 g/mol. The van der Waals surface area contributed by atoms with Gasteiger partial charge < -0.3 is 10.2 Å². The van der Waals surface area contributed by atoms with E-state index < -0.39 is 0 Å². The molecule has 0 amide bonds. The van der Waals surface area contributed by atoms with E-state index in [1.165, 1.54) is 6.07 Å². The molecular formula is C12H17ClO2. The summed E-state index contributed by atoms with van der Waals surface area (Å²) in [4.78, 5) is 0. The second kappa shape index (κ2) is 6.57. The Balaban J connectivity index is 2.34. The van der Waals surface area contributed by atoms with E-state index in [9.17, 15) is 10.2 Å². The van der Waals surface area contributed by atoms with Gasteiger partial charge in [-0.3, -0.25) is 0 Å². The lowest BCUT2D eigenvalue weighted by molar-refractivity contribution is 0.398. The Hall–Kier alpha value is -0.890. The van der Waals surface area contributed by atoms with Crippen LogP contribution in [0.25, 0.3) is 0 Å². The fraction of sp³-hybridized carbons (Fsp3) is 0.500. The first-order valence-corrected chi connectivity index (χ1v) is 5.85. The predicted molar refractivity (Wildman–Crippen MR) is 62.7 cm³/mol. The second-order valence-electron chi connectivity index (χ2n) is 3.64. The number of rotatable bonds is 6. The standard InChI is InChI=1S/C12H17ClO2/c13-9-4-2-1-3-6-10-7-5-8-11(14)12(10)15/h5,7-8,14-15H,1-4,6,9H2. The minimum Gasteiger partial charge on any atom is -0.504 e. The van der Waals surface area contributed by atoms with Crippen molar-refractivity contribution in [3.05, 3.63) is 23.8 Å². The highest BCUT2D eigenvalue weighted by molar-refractivity contribution is 6.17. The molecule has 1 aromatic carbocycles. The van der Waals surface area contributed by atoms with Crippen LogP contribution in [0.4, 0.5) is 0 Å². The van der Waals surface area contributed by atoms with Crippen molar-refractivity contribution in [2.45, 2.75) is 32.1 Å². The number of alkyl halides is 1. The highest BCUT2D eigenvalue weighted by atomic mass is 35.5. The molecule has 84 valence electrons. The molecule has 0 aliphatic rings. The molecule has 0 aromatic heterocycles. The maximum absolute atomic E-state index is 9.53. The molecule has 0 unspecified atom stereocenters. The van der Waals surface area contributed by atoms with E-state index in [-0.39, 0.29) is 11.5 Å². The molecule has 0 radical (unpaired) electrons. The summed E-state index contributed by atoms with van der Waals surface area (Å²) in [5.41, 5.74) is 0.820. The van der Waals surface area contributed by atoms with E-state index in [0.29, 0.717) is 0 Å². The van der Waals surface area contributed by atoms with Crippen LogP contribution in [0.5, 0.6) is 11.5 Å². The number of para-hydroxylation sites is 1. The number of phenols is 2. The summed E-state index contributed by atoms with van der Waals surface area (Å²) in [7, 11) is 0. The van der Waals surface area contributed by atoms with Gasteiger partial charge in [0, 0.05) is 5.88 Å². The minimum atomic E-state index is -0.0340. The number of benzene rings is 1. The SMILES string of the molecule is Oc1cccc(CCCCCCCl)c1O. The summed E-state index contributed by atoms with van der Waals surface area (Å²) in [6.45, 7) is 0.